The molecule has 0 aliphatic heterocycles. The molecule has 1 aromatic carbocycles. The molecule has 12 heteroatoms. The first kappa shape index (κ1) is 28.9. The van der Waals surface area contributed by atoms with E-state index < -0.39 is 5.97 Å². The van der Waals surface area contributed by atoms with Crippen LogP contribution in [0.25, 0.3) is 0 Å². The second-order valence-electron chi connectivity index (χ2n) is 8.21. The van der Waals surface area contributed by atoms with Crippen LogP contribution < -0.4 is 10.6 Å². The van der Waals surface area contributed by atoms with E-state index in [-0.39, 0.29) is 16.6 Å². The fraction of sp³-hybridized carbons (Fsp3) is 0.360. The van der Waals surface area contributed by atoms with E-state index in [9.17, 15) is 9.59 Å². The van der Waals surface area contributed by atoms with Gasteiger partial charge in [0.05, 0.1) is 41.2 Å². The highest BCUT2D eigenvalue weighted by Gasteiger charge is 2.28. The van der Waals surface area contributed by atoms with Crippen LogP contribution in [0.1, 0.15) is 56.4 Å². The van der Waals surface area contributed by atoms with Crippen LogP contribution in [0.4, 0.5) is 10.7 Å². The first-order valence-corrected chi connectivity index (χ1v) is 13.6. The molecule has 3 rings (SSSR count). The van der Waals surface area contributed by atoms with Crippen LogP contribution >= 0.6 is 46.8 Å². The third kappa shape index (κ3) is 6.09. The van der Waals surface area contributed by atoms with Crippen LogP contribution in [0, 0.1) is 20.8 Å². The third-order valence-electron chi connectivity index (χ3n) is 6.00. The summed E-state index contributed by atoms with van der Waals surface area (Å²) in [7, 11) is 1.30. The highest BCUT2D eigenvalue weighted by molar-refractivity contribution is 7.80. The number of esters is 1. The lowest BCUT2D eigenvalue weighted by molar-refractivity contribution is 0.0601. The van der Waals surface area contributed by atoms with Gasteiger partial charge in [-0.05, 0) is 64.5 Å². The van der Waals surface area contributed by atoms with E-state index >= 15 is 0 Å². The van der Waals surface area contributed by atoms with Crippen LogP contribution in [0.15, 0.2) is 18.2 Å². The summed E-state index contributed by atoms with van der Waals surface area (Å²) in [4.78, 5) is 27.8. The van der Waals surface area contributed by atoms with Gasteiger partial charge in [0, 0.05) is 28.7 Å². The van der Waals surface area contributed by atoms with Gasteiger partial charge in [-0.15, -0.1) is 11.3 Å². The van der Waals surface area contributed by atoms with Crippen LogP contribution in [-0.2, 0) is 11.3 Å². The monoisotopic (exact) mass is 581 g/mol. The van der Waals surface area contributed by atoms with Gasteiger partial charge in [-0.25, -0.2) is 4.79 Å². The molecule has 2 heterocycles. The smallest absolute Gasteiger partial charge is 0.341 e. The van der Waals surface area contributed by atoms with Crippen molar-refractivity contribution in [2.75, 3.05) is 30.8 Å². The number of methoxy groups -OCH3 is 1. The number of thiophene rings is 1. The summed E-state index contributed by atoms with van der Waals surface area (Å²) in [5.74, 6) is -0.690. The molecule has 0 bridgehead atoms. The first-order chi connectivity index (χ1) is 17.5. The molecule has 0 spiro atoms. The number of carbonyl (C=O) groups excluding carboxylic acids is 2. The van der Waals surface area contributed by atoms with Gasteiger partial charge >= 0.3 is 5.97 Å². The lowest BCUT2D eigenvalue weighted by atomic mass is 10.1. The van der Waals surface area contributed by atoms with Gasteiger partial charge in [0.2, 0.25) is 0 Å². The minimum Gasteiger partial charge on any atom is -0.465 e. The number of hydrogen-bond acceptors (Lipinski definition) is 6. The Kier molecular flexibility index (Phi) is 9.57. The van der Waals surface area contributed by atoms with E-state index in [4.69, 9.17) is 40.2 Å². The summed E-state index contributed by atoms with van der Waals surface area (Å²) < 4.78 is 6.78. The van der Waals surface area contributed by atoms with E-state index in [0.29, 0.717) is 50.8 Å². The molecule has 1 amide bonds. The molecule has 0 aliphatic carbocycles. The van der Waals surface area contributed by atoms with E-state index in [2.05, 4.69) is 15.7 Å². The molecule has 2 N–H and O–H groups in total. The second kappa shape index (κ2) is 12.3. The predicted octanol–water partition coefficient (Wildman–Crippen LogP) is 6.30. The number of aromatic nitrogens is 2. The fourth-order valence-corrected chi connectivity index (χ4v) is 5.87. The number of nitrogens with zero attached hydrogens (tertiary/aromatic N) is 3. The number of anilines is 2. The average molecular weight is 583 g/mol. The Morgan fingerprint density at radius 2 is 1.76 bits per heavy atom. The molecule has 0 aliphatic rings. The second-order valence-corrected chi connectivity index (χ2v) is 10.5. The normalized spacial score (nSPS) is 10.8. The molecule has 0 atom stereocenters. The minimum absolute atomic E-state index is 0.143. The van der Waals surface area contributed by atoms with Crippen molar-refractivity contribution in [3.63, 3.8) is 0 Å². The molecule has 0 fully saturated rings. The molecule has 198 valence electrons. The zero-order chi connectivity index (χ0) is 27.4. The largest absolute Gasteiger partial charge is 0.465 e. The Morgan fingerprint density at radius 1 is 1.14 bits per heavy atom. The van der Waals surface area contributed by atoms with Crippen molar-refractivity contribution >= 4 is 74.4 Å². The van der Waals surface area contributed by atoms with Crippen molar-refractivity contribution in [2.24, 2.45) is 0 Å². The lowest BCUT2D eigenvalue weighted by Gasteiger charge is -2.18. The topological polar surface area (TPSA) is 88.5 Å². The van der Waals surface area contributed by atoms with E-state index in [0.717, 1.165) is 17.0 Å². The quantitative estimate of drug-likeness (QED) is 0.238. The summed E-state index contributed by atoms with van der Waals surface area (Å²) in [6.45, 7) is 10.8. The zero-order valence-electron chi connectivity index (χ0n) is 21.5. The highest BCUT2D eigenvalue weighted by atomic mass is 35.5. The Balaban J connectivity index is 1.88. The molecule has 0 unspecified atom stereocenters. The molecule has 2 aromatic heterocycles. The number of nitrogens with one attached hydrogen (secondary N) is 2. The average Bonchev–Trinajstić information content (AvgIpc) is 3.31. The minimum atomic E-state index is -0.547. The molecule has 37 heavy (non-hydrogen) atoms. The highest BCUT2D eigenvalue weighted by Crippen LogP contribution is 2.35. The number of rotatable bonds is 8. The third-order valence-corrected chi connectivity index (χ3v) is 8.11. The number of ether oxygens (including phenoxy) is 1. The van der Waals surface area contributed by atoms with Crippen molar-refractivity contribution < 1.29 is 14.3 Å². The van der Waals surface area contributed by atoms with Gasteiger partial charge in [0.1, 0.15) is 5.00 Å². The SMILES string of the molecule is CCN(CC)C(=O)c1sc(NC(=S)Nc2c(C)nn(Cc3c(Cl)cccc3Cl)c2C)c(C(=O)OC)c1C. The van der Waals surface area contributed by atoms with Gasteiger partial charge in [0.25, 0.3) is 5.91 Å². The van der Waals surface area contributed by atoms with Gasteiger partial charge < -0.3 is 20.3 Å². The maximum atomic E-state index is 13.0. The van der Waals surface area contributed by atoms with Crippen molar-refractivity contribution in [1.29, 1.82) is 0 Å². The van der Waals surface area contributed by atoms with E-state index in [1.165, 1.54) is 18.4 Å². The lowest BCUT2D eigenvalue weighted by Crippen LogP contribution is -2.30. The number of benzene rings is 1. The van der Waals surface area contributed by atoms with Crippen molar-refractivity contribution in [3.05, 3.63) is 61.2 Å². The molecule has 0 saturated carbocycles. The summed E-state index contributed by atoms with van der Waals surface area (Å²) in [5.41, 5.74) is 3.86. The predicted molar refractivity (Wildman–Crippen MR) is 155 cm³/mol. The van der Waals surface area contributed by atoms with Crippen molar-refractivity contribution in [1.82, 2.24) is 14.7 Å². The van der Waals surface area contributed by atoms with E-state index in [1.807, 2.05) is 27.7 Å². The Labute approximate surface area is 235 Å². The van der Waals surface area contributed by atoms with Crippen molar-refractivity contribution in [3.8, 4) is 0 Å². The number of thiocarbonyl (C=S) groups is 1. The van der Waals surface area contributed by atoms with Crippen LogP contribution in [0.3, 0.4) is 0 Å². The number of halogens is 2. The van der Waals surface area contributed by atoms with Gasteiger partial charge in [0.15, 0.2) is 5.11 Å². The molecule has 3 aromatic rings. The van der Waals surface area contributed by atoms with Gasteiger partial charge in [-0.2, -0.15) is 5.10 Å². The maximum Gasteiger partial charge on any atom is 0.341 e. The Bertz CT molecular complexity index is 1330. The summed E-state index contributed by atoms with van der Waals surface area (Å²) in [6, 6.07) is 5.37. The molecular formula is C25H29Cl2N5O3S2. The summed E-state index contributed by atoms with van der Waals surface area (Å²) in [5, 5.41) is 12.7. The van der Waals surface area contributed by atoms with Crippen LogP contribution in [0.2, 0.25) is 10.0 Å². The zero-order valence-corrected chi connectivity index (χ0v) is 24.6. The van der Waals surface area contributed by atoms with Gasteiger partial charge in [-0.1, -0.05) is 29.3 Å². The summed E-state index contributed by atoms with van der Waals surface area (Å²) in [6.07, 6.45) is 0. The molecule has 8 nitrogen and oxygen atoms in total. The Morgan fingerprint density at radius 3 is 2.32 bits per heavy atom. The summed E-state index contributed by atoms with van der Waals surface area (Å²) >= 11 is 19.4. The van der Waals surface area contributed by atoms with Crippen LogP contribution in [-0.4, -0.2) is 51.9 Å². The van der Waals surface area contributed by atoms with Crippen molar-refractivity contribution in [2.45, 2.75) is 41.2 Å². The van der Waals surface area contributed by atoms with Gasteiger partial charge in [-0.3, -0.25) is 9.48 Å². The molecule has 0 saturated heterocycles. The number of hydrogen-bond donors (Lipinski definition) is 2. The number of carbonyl (C=O) groups is 2. The Hall–Kier alpha value is -2.66. The standard InChI is InChI=1S/C25H29Cl2N5O3S2/c1-7-31(8-2)23(33)21-13(3)19(24(34)35-6)22(37-21)29-25(36)28-20-14(4)30-32(15(20)5)12-16-17(26)10-9-11-18(16)27/h9-11H,7-8,12H2,1-6H3,(H2,28,29,36). The molecular weight excluding hydrogens is 553 g/mol. The van der Waals surface area contributed by atoms with Crippen LogP contribution in [0.5, 0.6) is 0 Å². The molecule has 0 radical (unpaired) electrons. The van der Waals surface area contributed by atoms with E-state index in [1.54, 1.807) is 34.7 Å². The number of aryl methyl sites for hydroxylation is 1. The maximum absolute atomic E-state index is 13.0. The first-order valence-electron chi connectivity index (χ1n) is 11.6. The number of amides is 1. The fourth-order valence-electron chi connectivity index (χ4n) is 3.92.